The summed E-state index contributed by atoms with van der Waals surface area (Å²) >= 11 is 1.96. The molecule has 9 heteroatoms. The van der Waals surface area contributed by atoms with Crippen molar-refractivity contribution in [3.05, 3.63) is 55.0 Å². The molecule has 1 saturated carbocycles. The highest BCUT2D eigenvalue weighted by atomic mass is 127. The zero-order chi connectivity index (χ0) is 19.8. The molecular weight excluding hydrogens is 483 g/mol. The van der Waals surface area contributed by atoms with Crippen LogP contribution in [-0.2, 0) is 17.8 Å². The summed E-state index contributed by atoms with van der Waals surface area (Å²) in [7, 11) is 0. The fraction of sp³-hybridized carbons (Fsp3) is 0.368. The number of aromatic nitrogens is 1. The predicted octanol–water partition coefficient (Wildman–Crippen LogP) is 3.49. The maximum atomic E-state index is 14.9. The smallest absolute Gasteiger partial charge is 0.289 e. The first-order valence-electron chi connectivity index (χ1n) is 9.05. The lowest BCUT2D eigenvalue weighted by Crippen LogP contribution is -2.32. The van der Waals surface area contributed by atoms with Gasteiger partial charge in [0.1, 0.15) is 5.82 Å². The predicted molar refractivity (Wildman–Crippen MR) is 108 cm³/mol. The highest BCUT2D eigenvalue weighted by Gasteiger charge is 2.30. The molecule has 2 aromatic rings. The lowest BCUT2D eigenvalue weighted by atomic mass is 10.1. The van der Waals surface area contributed by atoms with Crippen molar-refractivity contribution in [2.24, 2.45) is 5.92 Å². The minimum absolute atomic E-state index is 0.0189. The van der Waals surface area contributed by atoms with Crippen LogP contribution >= 0.6 is 22.6 Å². The van der Waals surface area contributed by atoms with Gasteiger partial charge >= 0.3 is 0 Å². The summed E-state index contributed by atoms with van der Waals surface area (Å²) in [5.41, 5.74) is 1.57. The van der Waals surface area contributed by atoms with Gasteiger partial charge in [0.2, 0.25) is 5.82 Å². The highest BCUT2D eigenvalue weighted by Crippen LogP contribution is 2.31. The molecule has 4 rings (SSSR count). The van der Waals surface area contributed by atoms with Gasteiger partial charge in [-0.2, -0.15) is 4.39 Å². The quantitative estimate of drug-likeness (QED) is 0.470. The number of fused-ring (bicyclic) bond motifs is 1. The van der Waals surface area contributed by atoms with E-state index in [1.165, 1.54) is 16.7 Å². The van der Waals surface area contributed by atoms with Crippen LogP contribution in [0, 0.1) is 21.1 Å². The summed E-state index contributed by atoms with van der Waals surface area (Å²) in [4.78, 5) is 30.4. The van der Waals surface area contributed by atoms with Crippen LogP contribution in [0.1, 0.15) is 35.3 Å². The number of carbonyl (C=O) groups is 1. The van der Waals surface area contributed by atoms with E-state index in [-0.39, 0.29) is 16.9 Å². The third kappa shape index (κ3) is 3.77. The maximum absolute atomic E-state index is 14.9. The minimum Gasteiger partial charge on any atom is -0.350 e. The number of amides is 1. The van der Waals surface area contributed by atoms with Crippen molar-refractivity contribution in [3.63, 3.8) is 0 Å². The second kappa shape index (κ2) is 7.78. The third-order valence-electron chi connectivity index (χ3n) is 4.91. The summed E-state index contributed by atoms with van der Waals surface area (Å²) < 4.78 is 31.1. The molecule has 0 saturated heterocycles. The van der Waals surface area contributed by atoms with Crippen LogP contribution in [0.25, 0.3) is 0 Å². The van der Waals surface area contributed by atoms with Gasteiger partial charge < -0.3 is 9.88 Å². The topological polar surface area (TPSA) is 72.4 Å². The molecule has 2 aliphatic rings. The molecule has 1 aliphatic carbocycles. The van der Waals surface area contributed by atoms with Crippen molar-refractivity contribution in [1.82, 2.24) is 10.0 Å². The molecule has 0 radical (unpaired) electrons. The Bertz CT molecular complexity index is 1000. The Morgan fingerprint density at radius 1 is 1.32 bits per heavy atom. The Morgan fingerprint density at radius 3 is 2.82 bits per heavy atom. The molecule has 0 atom stereocenters. The molecule has 0 spiro atoms. The van der Waals surface area contributed by atoms with Crippen molar-refractivity contribution < 1.29 is 18.4 Å². The van der Waals surface area contributed by atoms with Crippen LogP contribution in [-0.4, -0.2) is 17.1 Å². The Kier molecular flexibility index (Phi) is 5.37. The SMILES string of the molecule is O=C(NOCC1CC1)c1c(Nc2ccc(I)cc2F)c(F)c(=O)n2c1CCC2. The van der Waals surface area contributed by atoms with Gasteiger partial charge in [-0.05, 0) is 72.4 Å². The number of nitrogens with zero attached hydrogens (tertiary/aromatic N) is 1. The van der Waals surface area contributed by atoms with Gasteiger partial charge in [-0.25, -0.2) is 9.87 Å². The van der Waals surface area contributed by atoms with Gasteiger partial charge in [0.15, 0.2) is 0 Å². The summed E-state index contributed by atoms with van der Waals surface area (Å²) in [6.07, 6.45) is 3.18. The van der Waals surface area contributed by atoms with E-state index in [4.69, 9.17) is 4.84 Å². The lowest BCUT2D eigenvalue weighted by Gasteiger charge is -2.18. The fourth-order valence-electron chi connectivity index (χ4n) is 3.29. The number of carbonyl (C=O) groups excluding carboxylic acids is 1. The molecule has 1 amide bonds. The van der Waals surface area contributed by atoms with Crippen LogP contribution in [0.3, 0.4) is 0 Å². The lowest BCUT2D eigenvalue weighted by molar-refractivity contribution is 0.0269. The number of hydrogen-bond acceptors (Lipinski definition) is 4. The van der Waals surface area contributed by atoms with Crippen molar-refractivity contribution in [1.29, 1.82) is 0 Å². The monoisotopic (exact) mass is 501 g/mol. The average molecular weight is 501 g/mol. The van der Waals surface area contributed by atoms with Crippen molar-refractivity contribution in [2.75, 3.05) is 11.9 Å². The Labute approximate surface area is 173 Å². The second-order valence-electron chi connectivity index (χ2n) is 7.01. The summed E-state index contributed by atoms with van der Waals surface area (Å²) in [6.45, 7) is 0.726. The zero-order valence-electron chi connectivity index (χ0n) is 14.9. The summed E-state index contributed by atoms with van der Waals surface area (Å²) in [5, 5.41) is 2.62. The summed E-state index contributed by atoms with van der Waals surface area (Å²) in [5.74, 6) is -1.95. The van der Waals surface area contributed by atoms with Gasteiger partial charge in [-0.15, -0.1) is 0 Å². The Balaban J connectivity index is 1.73. The number of nitrogens with one attached hydrogen (secondary N) is 2. The van der Waals surface area contributed by atoms with E-state index in [1.54, 1.807) is 6.07 Å². The second-order valence-corrected chi connectivity index (χ2v) is 8.25. The Hall–Kier alpha value is -2.01. The van der Waals surface area contributed by atoms with Gasteiger partial charge in [0.05, 0.1) is 23.5 Å². The number of rotatable bonds is 6. The first kappa shape index (κ1) is 19.3. The van der Waals surface area contributed by atoms with Gasteiger partial charge in [0, 0.05) is 15.8 Å². The molecule has 28 heavy (non-hydrogen) atoms. The largest absolute Gasteiger partial charge is 0.350 e. The van der Waals surface area contributed by atoms with Crippen LogP contribution in [0.5, 0.6) is 0 Å². The van der Waals surface area contributed by atoms with Crippen molar-refractivity contribution in [2.45, 2.75) is 32.2 Å². The van der Waals surface area contributed by atoms with E-state index < -0.39 is 23.1 Å². The number of hydroxylamine groups is 1. The van der Waals surface area contributed by atoms with E-state index in [0.717, 1.165) is 12.8 Å². The molecule has 2 heterocycles. The Morgan fingerprint density at radius 2 is 2.11 bits per heavy atom. The number of hydrogen-bond donors (Lipinski definition) is 2. The normalized spacial score (nSPS) is 15.4. The minimum atomic E-state index is -1.11. The molecule has 1 aliphatic heterocycles. The third-order valence-corrected chi connectivity index (χ3v) is 5.58. The standard InChI is InChI=1S/C19H18F2IN3O3/c20-12-8-11(22)5-6-13(12)23-17-15(18(26)24-28-9-10-3-4-10)14-2-1-7-25(14)19(27)16(17)21/h5-6,8,10,23H,1-4,7,9H2,(H,24,26). The van der Waals surface area contributed by atoms with Crippen molar-refractivity contribution >= 4 is 39.9 Å². The van der Waals surface area contributed by atoms with Gasteiger partial charge in [-0.3, -0.25) is 14.4 Å². The molecule has 0 bridgehead atoms. The molecule has 0 unspecified atom stereocenters. The van der Waals surface area contributed by atoms with E-state index in [1.807, 2.05) is 22.6 Å². The number of anilines is 2. The summed E-state index contributed by atoms with van der Waals surface area (Å²) in [6, 6.07) is 4.36. The van der Waals surface area contributed by atoms with E-state index in [0.29, 0.717) is 41.2 Å². The number of benzene rings is 1. The van der Waals surface area contributed by atoms with Crippen LogP contribution in [0.15, 0.2) is 23.0 Å². The molecule has 1 fully saturated rings. The number of halogens is 3. The molecule has 6 nitrogen and oxygen atoms in total. The fourth-order valence-corrected chi connectivity index (χ4v) is 3.74. The first-order chi connectivity index (χ1) is 13.5. The van der Waals surface area contributed by atoms with Crippen LogP contribution in [0.2, 0.25) is 0 Å². The van der Waals surface area contributed by atoms with Crippen LogP contribution in [0.4, 0.5) is 20.2 Å². The van der Waals surface area contributed by atoms with E-state index in [9.17, 15) is 18.4 Å². The zero-order valence-corrected chi connectivity index (χ0v) is 17.0. The van der Waals surface area contributed by atoms with Crippen LogP contribution < -0.4 is 16.4 Å². The van der Waals surface area contributed by atoms with Crippen molar-refractivity contribution in [3.8, 4) is 0 Å². The van der Waals surface area contributed by atoms with E-state index >= 15 is 0 Å². The molecular formula is C19H18F2IN3O3. The van der Waals surface area contributed by atoms with Gasteiger partial charge in [-0.1, -0.05) is 0 Å². The number of pyridine rings is 1. The maximum Gasteiger partial charge on any atom is 0.289 e. The molecule has 1 aromatic heterocycles. The first-order valence-corrected chi connectivity index (χ1v) is 10.1. The average Bonchev–Trinajstić information content (AvgIpc) is 3.35. The molecule has 148 valence electrons. The van der Waals surface area contributed by atoms with E-state index in [2.05, 4.69) is 10.8 Å². The molecule has 1 aromatic carbocycles. The molecule has 2 N–H and O–H groups in total. The highest BCUT2D eigenvalue weighted by molar-refractivity contribution is 14.1. The van der Waals surface area contributed by atoms with Gasteiger partial charge in [0.25, 0.3) is 11.5 Å².